The Balaban J connectivity index is 2.13. The lowest BCUT2D eigenvalue weighted by Gasteiger charge is -2.24. The molecule has 1 fully saturated rings. The number of likely N-dealkylation sites (tertiary alicyclic amines) is 1. The summed E-state index contributed by atoms with van der Waals surface area (Å²) < 4.78 is 0. The molecule has 1 rings (SSSR count). The summed E-state index contributed by atoms with van der Waals surface area (Å²) >= 11 is 5.11. The quantitative estimate of drug-likeness (QED) is 0.683. The van der Waals surface area contributed by atoms with E-state index in [1.54, 1.807) is 0 Å². The molecule has 0 aromatic carbocycles. The van der Waals surface area contributed by atoms with Gasteiger partial charge in [0, 0.05) is 19.1 Å². The van der Waals surface area contributed by atoms with Crippen LogP contribution in [0.2, 0.25) is 0 Å². The van der Waals surface area contributed by atoms with Crippen molar-refractivity contribution in [1.82, 2.24) is 15.5 Å². The first kappa shape index (κ1) is 11.7. The molecule has 1 aliphatic rings. The number of rotatable bonds is 4. The topological polar surface area (TPSA) is 27.3 Å². The summed E-state index contributed by atoms with van der Waals surface area (Å²) in [6.07, 6.45) is 2.70. The minimum Gasteiger partial charge on any atom is -0.363 e. The van der Waals surface area contributed by atoms with E-state index in [4.69, 9.17) is 12.2 Å². The number of hydrogen-bond acceptors (Lipinski definition) is 2. The van der Waals surface area contributed by atoms with Gasteiger partial charge >= 0.3 is 0 Å². The molecule has 2 N–H and O–H groups in total. The molecule has 4 heteroatoms. The lowest BCUT2D eigenvalue weighted by molar-refractivity contribution is 0.259. The first-order valence-corrected chi connectivity index (χ1v) is 5.90. The van der Waals surface area contributed by atoms with Gasteiger partial charge in [-0.3, -0.25) is 4.90 Å². The fourth-order valence-corrected chi connectivity index (χ4v) is 2.00. The van der Waals surface area contributed by atoms with E-state index in [-0.39, 0.29) is 0 Å². The van der Waals surface area contributed by atoms with E-state index in [1.165, 1.54) is 25.9 Å². The van der Waals surface area contributed by atoms with Crippen LogP contribution in [-0.4, -0.2) is 42.2 Å². The van der Waals surface area contributed by atoms with Crippen molar-refractivity contribution >= 4 is 17.3 Å². The Morgan fingerprint density at radius 3 is 2.57 bits per heavy atom. The van der Waals surface area contributed by atoms with Crippen molar-refractivity contribution in [2.45, 2.75) is 32.7 Å². The number of nitrogens with one attached hydrogen (secondary N) is 2. The van der Waals surface area contributed by atoms with Gasteiger partial charge in [-0.05, 0) is 52.0 Å². The second-order valence-electron chi connectivity index (χ2n) is 3.83. The Morgan fingerprint density at radius 1 is 1.36 bits per heavy atom. The fourth-order valence-electron chi connectivity index (χ4n) is 1.77. The summed E-state index contributed by atoms with van der Waals surface area (Å²) in [4.78, 5) is 2.52. The van der Waals surface area contributed by atoms with E-state index in [1.807, 2.05) is 0 Å². The number of nitrogens with zero attached hydrogens (tertiary/aromatic N) is 1. The van der Waals surface area contributed by atoms with Crippen molar-refractivity contribution < 1.29 is 0 Å². The molecule has 82 valence electrons. The van der Waals surface area contributed by atoms with Gasteiger partial charge in [-0.25, -0.2) is 0 Å². The fraction of sp³-hybridized carbons (Fsp3) is 0.900. The normalized spacial score (nSPS) is 19.3. The molecule has 3 nitrogen and oxygen atoms in total. The van der Waals surface area contributed by atoms with Crippen LogP contribution in [0.3, 0.4) is 0 Å². The van der Waals surface area contributed by atoms with Gasteiger partial charge in [0.2, 0.25) is 0 Å². The Kier molecular flexibility index (Phi) is 5.19. The van der Waals surface area contributed by atoms with Gasteiger partial charge < -0.3 is 10.6 Å². The molecule has 1 unspecified atom stereocenters. The van der Waals surface area contributed by atoms with Crippen LogP contribution >= 0.6 is 12.2 Å². The van der Waals surface area contributed by atoms with E-state index in [2.05, 4.69) is 29.4 Å². The highest BCUT2D eigenvalue weighted by Crippen LogP contribution is 2.10. The van der Waals surface area contributed by atoms with E-state index >= 15 is 0 Å². The zero-order valence-electron chi connectivity index (χ0n) is 9.18. The number of thiocarbonyl (C=S) groups is 1. The molecular weight excluding hydrogens is 194 g/mol. The molecule has 1 heterocycles. The average molecular weight is 215 g/mol. The summed E-state index contributed by atoms with van der Waals surface area (Å²) in [5.41, 5.74) is 0. The van der Waals surface area contributed by atoms with Crippen molar-refractivity contribution in [2.75, 3.05) is 26.2 Å². The molecule has 0 radical (unpaired) electrons. The highest BCUT2D eigenvalue weighted by atomic mass is 32.1. The molecule has 1 saturated heterocycles. The van der Waals surface area contributed by atoms with Gasteiger partial charge in [0.15, 0.2) is 5.11 Å². The Hall–Kier alpha value is -0.350. The third-order valence-corrected chi connectivity index (χ3v) is 2.95. The van der Waals surface area contributed by atoms with Crippen LogP contribution in [0.25, 0.3) is 0 Å². The predicted molar refractivity (Wildman–Crippen MR) is 64.5 cm³/mol. The van der Waals surface area contributed by atoms with Gasteiger partial charge in [0.1, 0.15) is 0 Å². The third-order valence-electron chi connectivity index (χ3n) is 2.66. The predicted octanol–water partition coefficient (Wildman–Crippen LogP) is 0.955. The summed E-state index contributed by atoms with van der Waals surface area (Å²) in [7, 11) is 0. The molecule has 0 aromatic rings. The van der Waals surface area contributed by atoms with Crippen molar-refractivity contribution in [2.24, 2.45) is 0 Å². The highest BCUT2D eigenvalue weighted by Gasteiger charge is 2.17. The van der Waals surface area contributed by atoms with Crippen molar-refractivity contribution in [1.29, 1.82) is 0 Å². The lowest BCUT2D eigenvalue weighted by atomic mass is 10.3. The average Bonchev–Trinajstić information content (AvgIpc) is 2.67. The zero-order chi connectivity index (χ0) is 10.4. The maximum Gasteiger partial charge on any atom is 0.166 e. The Labute approximate surface area is 92.2 Å². The van der Waals surface area contributed by atoms with E-state index in [9.17, 15) is 0 Å². The van der Waals surface area contributed by atoms with Crippen molar-refractivity contribution in [3.8, 4) is 0 Å². The van der Waals surface area contributed by atoms with E-state index in [0.29, 0.717) is 6.04 Å². The summed E-state index contributed by atoms with van der Waals surface area (Å²) in [5.74, 6) is 0. The monoisotopic (exact) mass is 215 g/mol. The molecule has 0 aliphatic carbocycles. The van der Waals surface area contributed by atoms with Crippen LogP contribution in [0.1, 0.15) is 26.7 Å². The molecular formula is C10H21N3S. The standard InChI is InChI=1S/C10H21N3S/c1-3-11-10(14)12-8-9(2)13-6-4-5-7-13/h9H,3-8H2,1-2H3,(H2,11,12,14). The van der Waals surface area contributed by atoms with Gasteiger partial charge in [0.05, 0.1) is 0 Å². The van der Waals surface area contributed by atoms with Gasteiger partial charge in [-0.15, -0.1) is 0 Å². The minimum atomic E-state index is 0.592. The van der Waals surface area contributed by atoms with Gasteiger partial charge in [-0.1, -0.05) is 0 Å². The third kappa shape index (κ3) is 3.80. The summed E-state index contributed by atoms with van der Waals surface area (Å²) in [5, 5.41) is 7.11. The van der Waals surface area contributed by atoms with Crippen LogP contribution < -0.4 is 10.6 Å². The molecule has 0 spiro atoms. The maximum atomic E-state index is 5.11. The maximum absolute atomic E-state index is 5.11. The minimum absolute atomic E-state index is 0.592. The van der Waals surface area contributed by atoms with Crippen LogP contribution in [0.4, 0.5) is 0 Å². The van der Waals surface area contributed by atoms with Gasteiger partial charge in [0.25, 0.3) is 0 Å². The Morgan fingerprint density at radius 2 is 2.00 bits per heavy atom. The lowest BCUT2D eigenvalue weighted by Crippen LogP contribution is -2.44. The second kappa shape index (κ2) is 6.19. The van der Waals surface area contributed by atoms with Crippen LogP contribution in [0.5, 0.6) is 0 Å². The smallest absolute Gasteiger partial charge is 0.166 e. The first-order chi connectivity index (χ1) is 6.74. The number of hydrogen-bond donors (Lipinski definition) is 2. The molecule has 1 aliphatic heterocycles. The summed E-state index contributed by atoms with van der Waals surface area (Å²) in [6.45, 7) is 8.65. The largest absolute Gasteiger partial charge is 0.363 e. The van der Waals surface area contributed by atoms with Crippen LogP contribution in [0.15, 0.2) is 0 Å². The van der Waals surface area contributed by atoms with E-state index in [0.717, 1.165) is 18.2 Å². The van der Waals surface area contributed by atoms with Gasteiger partial charge in [-0.2, -0.15) is 0 Å². The van der Waals surface area contributed by atoms with Crippen molar-refractivity contribution in [3.05, 3.63) is 0 Å². The Bertz CT molecular complexity index is 178. The molecule has 0 saturated carbocycles. The highest BCUT2D eigenvalue weighted by molar-refractivity contribution is 7.80. The first-order valence-electron chi connectivity index (χ1n) is 5.49. The molecule has 0 amide bonds. The van der Waals surface area contributed by atoms with Crippen LogP contribution in [0, 0.1) is 0 Å². The molecule has 0 aromatic heterocycles. The second-order valence-corrected chi connectivity index (χ2v) is 4.24. The summed E-state index contributed by atoms with van der Waals surface area (Å²) in [6, 6.07) is 0.592. The van der Waals surface area contributed by atoms with Crippen LogP contribution in [-0.2, 0) is 0 Å². The molecule has 1 atom stereocenters. The molecule has 14 heavy (non-hydrogen) atoms. The van der Waals surface area contributed by atoms with E-state index < -0.39 is 0 Å². The molecule has 0 bridgehead atoms. The SMILES string of the molecule is CCNC(=S)NCC(C)N1CCCC1. The van der Waals surface area contributed by atoms with Crippen molar-refractivity contribution in [3.63, 3.8) is 0 Å². The zero-order valence-corrected chi connectivity index (χ0v) is 9.99.